The van der Waals surface area contributed by atoms with Gasteiger partial charge in [-0.15, -0.1) is 16.4 Å². The first-order valence-electron chi connectivity index (χ1n) is 8.17. The summed E-state index contributed by atoms with van der Waals surface area (Å²) in [6.07, 6.45) is 5.54. The number of aliphatic hydroxyl groups excluding tert-OH is 1. The minimum atomic E-state index is -0.0873. The summed E-state index contributed by atoms with van der Waals surface area (Å²) in [6.45, 7) is 2.48. The van der Waals surface area contributed by atoms with Gasteiger partial charge in [0.25, 0.3) is 0 Å². The number of aliphatic hydroxyl groups is 1. The summed E-state index contributed by atoms with van der Waals surface area (Å²) >= 11 is 1.45. The van der Waals surface area contributed by atoms with Crippen molar-refractivity contribution >= 4 is 22.4 Å². The van der Waals surface area contributed by atoms with E-state index in [4.69, 9.17) is 5.11 Å². The number of amides is 1. The van der Waals surface area contributed by atoms with Crippen LogP contribution in [-0.4, -0.2) is 55.0 Å². The molecule has 0 spiro atoms. The van der Waals surface area contributed by atoms with E-state index < -0.39 is 0 Å². The van der Waals surface area contributed by atoms with Crippen molar-refractivity contribution in [3.63, 3.8) is 0 Å². The lowest BCUT2D eigenvalue weighted by atomic mass is 9.75. The van der Waals surface area contributed by atoms with Crippen molar-refractivity contribution in [2.24, 2.45) is 11.8 Å². The number of carbonyl (C=O) groups excluding carboxylic acids is 1. The summed E-state index contributed by atoms with van der Waals surface area (Å²) < 4.78 is 1.79. The van der Waals surface area contributed by atoms with Crippen LogP contribution in [0.5, 0.6) is 0 Å². The maximum absolute atomic E-state index is 12.5. The SMILES string of the molecule is O=C(Nc1nccs1)[C@H]1CN2CCC1C[C@@H]2Cn1cc(CO)nn1. The number of rotatable bonds is 5. The van der Waals surface area contributed by atoms with Gasteiger partial charge in [-0.1, -0.05) is 5.21 Å². The Labute approximate surface area is 143 Å². The molecule has 3 aliphatic rings. The fraction of sp³-hybridized carbons (Fsp3) is 0.600. The summed E-state index contributed by atoms with van der Waals surface area (Å²) in [5.41, 5.74) is 0.590. The third-order valence-electron chi connectivity index (χ3n) is 5.02. The molecule has 3 fully saturated rings. The van der Waals surface area contributed by atoms with Crippen LogP contribution in [0, 0.1) is 11.8 Å². The molecule has 9 heteroatoms. The summed E-state index contributed by atoms with van der Waals surface area (Å²) in [6, 6.07) is 0.376. The molecule has 5 heterocycles. The zero-order chi connectivity index (χ0) is 16.5. The highest BCUT2D eigenvalue weighted by atomic mass is 32.1. The first kappa shape index (κ1) is 15.7. The van der Waals surface area contributed by atoms with E-state index in [-0.39, 0.29) is 18.4 Å². The average Bonchev–Trinajstić information content (AvgIpc) is 3.27. The quantitative estimate of drug-likeness (QED) is 0.820. The van der Waals surface area contributed by atoms with Gasteiger partial charge in [0.05, 0.1) is 25.3 Å². The summed E-state index contributed by atoms with van der Waals surface area (Å²) in [5.74, 6) is 0.518. The van der Waals surface area contributed by atoms with E-state index in [0.717, 1.165) is 32.5 Å². The van der Waals surface area contributed by atoms with Gasteiger partial charge in [0.15, 0.2) is 5.13 Å². The maximum atomic E-state index is 12.5. The van der Waals surface area contributed by atoms with Crippen LogP contribution < -0.4 is 5.32 Å². The molecule has 4 atom stereocenters. The topological polar surface area (TPSA) is 96.2 Å². The molecular formula is C15H20N6O2S. The summed E-state index contributed by atoms with van der Waals surface area (Å²) in [5, 5.41) is 22.5. The van der Waals surface area contributed by atoms with E-state index >= 15 is 0 Å². The Morgan fingerprint density at radius 2 is 2.42 bits per heavy atom. The van der Waals surface area contributed by atoms with Gasteiger partial charge in [-0.05, 0) is 25.3 Å². The van der Waals surface area contributed by atoms with Gasteiger partial charge in [0, 0.05) is 24.2 Å². The van der Waals surface area contributed by atoms with Crippen molar-refractivity contribution in [1.82, 2.24) is 24.9 Å². The van der Waals surface area contributed by atoms with Crippen LogP contribution in [0.2, 0.25) is 0 Å². The smallest absolute Gasteiger partial charge is 0.230 e. The lowest BCUT2D eigenvalue weighted by Crippen LogP contribution is -2.57. The predicted octanol–water partition coefficient (Wildman–Crippen LogP) is 0.576. The molecule has 2 N–H and O–H groups in total. The van der Waals surface area contributed by atoms with Crippen LogP contribution in [0.1, 0.15) is 18.5 Å². The fourth-order valence-corrected chi connectivity index (χ4v) is 4.36. The Balaban J connectivity index is 1.39. The first-order valence-corrected chi connectivity index (χ1v) is 9.05. The van der Waals surface area contributed by atoms with Crippen molar-refractivity contribution in [3.05, 3.63) is 23.5 Å². The highest BCUT2D eigenvalue weighted by Gasteiger charge is 2.43. The Hall–Kier alpha value is -1.84. The van der Waals surface area contributed by atoms with E-state index in [1.807, 2.05) is 5.38 Å². The number of anilines is 1. The van der Waals surface area contributed by atoms with Crippen molar-refractivity contribution in [3.8, 4) is 0 Å². The molecule has 1 amide bonds. The Kier molecular flexibility index (Phi) is 4.30. The monoisotopic (exact) mass is 348 g/mol. The fourth-order valence-electron chi connectivity index (χ4n) is 3.82. The van der Waals surface area contributed by atoms with Gasteiger partial charge in [0.2, 0.25) is 5.91 Å². The lowest BCUT2D eigenvalue weighted by molar-refractivity contribution is -0.127. The van der Waals surface area contributed by atoms with E-state index in [2.05, 4.69) is 25.5 Å². The van der Waals surface area contributed by atoms with Gasteiger partial charge in [0.1, 0.15) is 5.69 Å². The highest BCUT2D eigenvalue weighted by molar-refractivity contribution is 7.13. The van der Waals surface area contributed by atoms with Crippen LogP contribution in [0.25, 0.3) is 0 Å². The molecule has 3 saturated heterocycles. The molecule has 2 aromatic heterocycles. The molecule has 0 aromatic carbocycles. The van der Waals surface area contributed by atoms with E-state index in [1.54, 1.807) is 17.1 Å². The molecule has 0 radical (unpaired) electrons. The molecule has 2 unspecified atom stereocenters. The molecule has 8 nitrogen and oxygen atoms in total. The maximum Gasteiger partial charge on any atom is 0.230 e. The lowest BCUT2D eigenvalue weighted by Gasteiger charge is -2.49. The highest BCUT2D eigenvalue weighted by Crippen LogP contribution is 2.37. The Morgan fingerprint density at radius 3 is 3.08 bits per heavy atom. The van der Waals surface area contributed by atoms with Crippen LogP contribution >= 0.6 is 11.3 Å². The number of nitrogens with zero attached hydrogens (tertiary/aromatic N) is 5. The molecule has 0 aliphatic carbocycles. The minimum Gasteiger partial charge on any atom is -0.390 e. The van der Waals surface area contributed by atoms with Crippen molar-refractivity contribution < 1.29 is 9.90 Å². The number of nitrogens with one attached hydrogen (secondary N) is 1. The van der Waals surface area contributed by atoms with Crippen LogP contribution in [0.3, 0.4) is 0 Å². The van der Waals surface area contributed by atoms with E-state index in [1.165, 1.54) is 11.3 Å². The number of aromatic nitrogens is 4. The van der Waals surface area contributed by atoms with Gasteiger partial charge in [-0.2, -0.15) is 0 Å². The van der Waals surface area contributed by atoms with E-state index in [9.17, 15) is 4.79 Å². The summed E-state index contributed by atoms with van der Waals surface area (Å²) in [4.78, 5) is 19.0. The molecule has 0 saturated carbocycles. The molecule has 24 heavy (non-hydrogen) atoms. The number of piperidine rings is 3. The van der Waals surface area contributed by atoms with Gasteiger partial charge in [-0.25, -0.2) is 4.98 Å². The number of hydrogen-bond acceptors (Lipinski definition) is 7. The third-order valence-corrected chi connectivity index (χ3v) is 5.71. The van der Waals surface area contributed by atoms with E-state index in [0.29, 0.717) is 22.8 Å². The number of hydrogen-bond donors (Lipinski definition) is 2. The van der Waals surface area contributed by atoms with Crippen molar-refractivity contribution in [2.75, 3.05) is 18.4 Å². The Bertz CT molecular complexity index is 703. The normalized spacial score (nSPS) is 28.9. The second-order valence-corrected chi connectivity index (χ2v) is 7.35. The Morgan fingerprint density at radius 1 is 1.50 bits per heavy atom. The number of thiazole rings is 1. The van der Waals surface area contributed by atoms with Gasteiger partial charge in [-0.3, -0.25) is 14.4 Å². The predicted molar refractivity (Wildman–Crippen MR) is 88.3 cm³/mol. The zero-order valence-corrected chi connectivity index (χ0v) is 14.0. The first-order chi connectivity index (χ1) is 11.7. The van der Waals surface area contributed by atoms with Gasteiger partial charge >= 0.3 is 0 Å². The number of carbonyl (C=O) groups is 1. The zero-order valence-electron chi connectivity index (χ0n) is 13.2. The van der Waals surface area contributed by atoms with Crippen molar-refractivity contribution in [1.29, 1.82) is 0 Å². The molecule has 128 valence electrons. The van der Waals surface area contributed by atoms with Crippen molar-refractivity contribution in [2.45, 2.75) is 32.0 Å². The van der Waals surface area contributed by atoms with Crippen LogP contribution in [0.4, 0.5) is 5.13 Å². The number of fused-ring (bicyclic) bond motifs is 3. The molecular weight excluding hydrogens is 328 g/mol. The molecule has 2 aromatic rings. The molecule has 3 aliphatic heterocycles. The van der Waals surface area contributed by atoms with Crippen LogP contribution in [0.15, 0.2) is 17.8 Å². The summed E-state index contributed by atoms with van der Waals surface area (Å²) in [7, 11) is 0. The molecule has 5 rings (SSSR count). The standard InChI is InChI=1S/C15H20N6O2S/c22-9-11-6-21(19-18-11)7-12-5-10-1-3-20(12)8-13(10)14(23)17-15-16-2-4-24-15/h2,4,6,10,12-13,22H,1,3,5,7-9H2,(H,16,17,23)/t10?,12-,13+/m1/s1. The third kappa shape index (κ3) is 3.06. The van der Waals surface area contributed by atoms with Gasteiger partial charge < -0.3 is 10.4 Å². The average molecular weight is 348 g/mol. The molecule has 2 bridgehead atoms. The van der Waals surface area contributed by atoms with Crippen LogP contribution in [-0.2, 0) is 17.9 Å². The second kappa shape index (κ2) is 6.58. The largest absolute Gasteiger partial charge is 0.390 e. The minimum absolute atomic E-state index is 0.0302. The second-order valence-electron chi connectivity index (χ2n) is 6.46.